The molecule has 1 aliphatic carbocycles. The quantitative estimate of drug-likeness (QED) is 0.697. The lowest BCUT2D eigenvalue weighted by Crippen LogP contribution is -2.18. The summed E-state index contributed by atoms with van der Waals surface area (Å²) in [6.45, 7) is 0.413. The number of pyridine rings is 1. The number of ether oxygens (including phenoxy) is 1. The molecule has 3 aromatic rings. The summed E-state index contributed by atoms with van der Waals surface area (Å²) in [5.41, 5.74) is 1.68. The minimum atomic E-state index is -0.156. The Morgan fingerprint density at radius 3 is 2.81 bits per heavy atom. The van der Waals surface area contributed by atoms with Gasteiger partial charge in [-0.2, -0.15) is 0 Å². The third-order valence-electron chi connectivity index (χ3n) is 4.80. The van der Waals surface area contributed by atoms with Crippen molar-refractivity contribution in [2.24, 2.45) is 10.9 Å². The Morgan fingerprint density at radius 1 is 1.11 bits per heavy atom. The van der Waals surface area contributed by atoms with Crippen LogP contribution in [0.5, 0.6) is 5.75 Å². The van der Waals surface area contributed by atoms with E-state index >= 15 is 0 Å². The summed E-state index contributed by atoms with van der Waals surface area (Å²) in [4.78, 5) is 17.6. The number of benzene rings is 1. The summed E-state index contributed by atoms with van der Waals surface area (Å²) in [5, 5.41) is 10.5. The smallest absolute Gasteiger partial charge is 0.249 e. The van der Waals surface area contributed by atoms with Gasteiger partial charge < -0.3 is 9.84 Å². The zero-order valence-electron chi connectivity index (χ0n) is 15.0. The van der Waals surface area contributed by atoms with Crippen molar-refractivity contribution in [1.82, 2.24) is 15.0 Å². The SMILES string of the molecule is OC1CCC(/C=N/c2ncc3ccc(OCc4ccccn4)cc3n2)CC1. The molecule has 0 bridgehead atoms. The minimum Gasteiger partial charge on any atom is -0.487 e. The van der Waals surface area contributed by atoms with Crippen LogP contribution in [0.2, 0.25) is 0 Å². The van der Waals surface area contributed by atoms with Crippen LogP contribution in [0.15, 0.2) is 53.8 Å². The highest BCUT2D eigenvalue weighted by Gasteiger charge is 2.17. The van der Waals surface area contributed by atoms with Gasteiger partial charge >= 0.3 is 0 Å². The third kappa shape index (κ3) is 4.65. The second kappa shape index (κ2) is 8.22. The van der Waals surface area contributed by atoms with Crippen molar-refractivity contribution in [3.63, 3.8) is 0 Å². The van der Waals surface area contributed by atoms with Gasteiger partial charge in [0, 0.05) is 30.1 Å². The van der Waals surface area contributed by atoms with Crippen LogP contribution in [-0.2, 0) is 6.61 Å². The van der Waals surface area contributed by atoms with Gasteiger partial charge in [-0.05, 0) is 55.9 Å². The zero-order chi connectivity index (χ0) is 18.5. The number of aliphatic hydroxyl groups excluding tert-OH is 1. The molecule has 0 atom stereocenters. The maximum atomic E-state index is 9.59. The van der Waals surface area contributed by atoms with Crippen molar-refractivity contribution in [3.8, 4) is 5.75 Å². The number of aliphatic hydroxyl groups is 1. The standard InChI is InChI=1S/C21H22N4O2/c26-18-7-4-15(5-8-18)12-23-21-24-13-16-6-9-19(11-20(16)25-21)27-14-17-3-1-2-10-22-17/h1-3,6,9-13,15,18,26H,4-5,7-8,14H2/b23-12+. The molecule has 1 N–H and O–H groups in total. The molecule has 0 unspecified atom stereocenters. The first-order chi connectivity index (χ1) is 13.3. The van der Waals surface area contributed by atoms with Crippen molar-refractivity contribution in [2.45, 2.75) is 38.4 Å². The Labute approximate surface area is 158 Å². The number of hydrogen-bond donors (Lipinski definition) is 1. The van der Waals surface area contributed by atoms with Crippen LogP contribution in [0, 0.1) is 5.92 Å². The Bertz CT molecular complexity index is 922. The maximum absolute atomic E-state index is 9.59. The lowest BCUT2D eigenvalue weighted by Gasteiger charge is -2.21. The number of hydrogen-bond acceptors (Lipinski definition) is 6. The Morgan fingerprint density at radius 2 is 2.00 bits per heavy atom. The molecule has 138 valence electrons. The van der Waals surface area contributed by atoms with E-state index in [2.05, 4.69) is 19.9 Å². The van der Waals surface area contributed by atoms with Crippen molar-refractivity contribution in [1.29, 1.82) is 0 Å². The number of aliphatic imine (C=N–C) groups is 1. The van der Waals surface area contributed by atoms with Crippen LogP contribution in [0.1, 0.15) is 31.4 Å². The van der Waals surface area contributed by atoms with Gasteiger partial charge in [-0.1, -0.05) is 6.07 Å². The van der Waals surface area contributed by atoms with Gasteiger partial charge in [-0.15, -0.1) is 0 Å². The summed E-state index contributed by atoms with van der Waals surface area (Å²) in [5.74, 6) is 1.58. The average Bonchev–Trinajstić information content (AvgIpc) is 2.72. The predicted molar refractivity (Wildman–Crippen MR) is 104 cm³/mol. The molecule has 6 nitrogen and oxygen atoms in total. The van der Waals surface area contributed by atoms with Crippen molar-refractivity contribution >= 4 is 23.1 Å². The van der Waals surface area contributed by atoms with Gasteiger partial charge in [0.2, 0.25) is 5.95 Å². The van der Waals surface area contributed by atoms with Crippen LogP contribution in [0.25, 0.3) is 10.9 Å². The molecule has 4 rings (SSSR count). The van der Waals surface area contributed by atoms with E-state index in [1.165, 1.54) is 0 Å². The summed E-state index contributed by atoms with van der Waals surface area (Å²) in [7, 11) is 0. The van der Waals surface area contributed by atoms with E-state index in [9.17, 15) is 5.11 Å². The molecule has 0 spiro atoms. The zero-order valence-corrected chi connectivity index (χ0v) is 15.0. The molecule has 2 heterocycles. The fourth-order valence-electron chi connectivity index (χ4n) is 3.21. The normalized spacial score (nSPS) is 20.2. The molecule has 0 saturated heterocycles. The second-order valence-electron chi connectivity index (χ2n) is 6.85. The molecule has 1 saturated carbocycles. The second-order valence-corrected chi connectivity index (χ2v) is 6.85. The monoisotopic (exact) mass is 362 g/mol. The summed E-state index contributed by atoms with van der Waals surface area (Å²) in [6.07, 6.45) is 8.91. The number of nitrogens with zero attached hydrogens (tertiary/aromatic N) is 4. The van der Waals surface area contributed by atoms with Crippen LogP contribution < -0.4 is 4.74 Å². The Balaban J connectivity index is 1.46. The van der Waals surface area contributed by atoms with E-state index in [1.54, 1.807) is 12.4 Å². The van der Waals surface area contributed by atoms with Gasteiger partial charge in [0.1, 0.15) is 12.4 Å². The van der Waals surface area contributed by atoms with Crippen molar-refractivity contribution in [3.05, 3.63) is 54.5 Å². The highest BCUT2D eigenvalue weighted by molar-refractivity contribution is 5.80. The van der Waals surface area contributed by atoms with Crippen LogP contribution in [-0.4, -0.2) is 32.4 Å². The minimum absolute atomic E-state index is 0.156. The van der Waals surface area contributed by atoms with E-state index in [0.717, 1.165) is 48.0 Å². The first kappa shape index (κ1) is 17.5. The highest BCUT2D eigenvalue weighted by Crippen LogP contribution is 2.24. The largest absolute Gasteiger partial charge is 0.487 e. The van der Waals surface area contributed by atoms with E-state index in [-0.39, 0.29) is 6.10 Å². The van der Waals surface area contributed by atoms with Gasteiger partial charge in [0.15, 0.2) is 0 Å². The predicted octanol–water partition coefficient (Wildman–Crippen LogP) is 3.86. The summed E-state index contributed by atoms with van der Waals surface area (Å²) >= 11 is 0. The van der Waals surface area contributed by atoms with Gasteiger partial charge in [0.05, 0.1) is 17.3 Å². The molecule has 0 amide bonds. The molecule has 27 heavy (non-hydrogen) atoms. The Kier molecular flexibility index (Phi) is 5.34. The van der Waals surface area contributed by atoms with E-state index in [4.69, 9.17) is 4.74 Å². The van der Waals surface area contributed by atoms with Gasteiger partial charge in [0.25, 0.3) is 0 Å². The van der Waals surface area contributed by atoms with E-state index < -0.39 is 0 Å². The first-order valence-electron chi connectivity index (χ1n) is 9.28. The molecule has 0 radical (unpaired) electrons. The number of rotatable bonds is 5. The topological polar surface area (TPSA) is 80.5 Å². The van der Waals surface area contributed by atoms with Crippen LogP contribution >= 0.6 is 0 Å². The van der Waals surface area contributed by atoms with Gasteiger partial charge in [-0.3, -0.25) is 4.98 Å². The molecule has 6 heteroatoms. The molecule has 1 aromatic carbocycles. The number of aromatic nitrogens is 3. The summed E-state index contributed by atoms with van der Waals surface area (Å²) in [6, 6.07) is 11.5. The van der Waals surface area contributed by atoms with E-state index in [0.29, 0.717) is 18.5 Å². The fraction of sp³-hybridized carbons (Fsp3) is 0.333. The highest BCUT2D eigenvalue weighted by atomic mass is 16.5. The third-order valence-corrected chi connectivity index (χ3v) is 4.80. The Hall–Kier alpha value is -2.86. The van der Waals surface area contributed by atoms with Crippen molar-refractivity contribution in [2.75, 3.05) is 0 Å². The van der Waals surface area contributed by atoms with Crippen molar-refractivity contribution < 1.29 is 9.84 Å². The van der Waals surface area contributed by atoms with Gasteiger partial charge in [-0.25, -0.2) is 15.0 Å². The molecular weight excluding hydrogens is 340 g/mol. The van der Waals surface area contributed by atoms with E-state index in [1.807, 2.05) is 42.6 Å². The first-order valence-corrected chi connectivity index (χ1v) is 9.28. The van der Waals surface area contributed by atoms with Crippen LogP contribution in [0.3, 0.4) is 0 Å². The molecule has 1 fully saturated rings. The molecular formula is C21H22N4O2. The fourth-order valence-corrected chi connectivity index (χ4v) is 3.21. The maximum Gasteiger partial charge on any atom is 0.249 e. The summed E-state index contributed by atoms with van der Waals surface area (Å²) < 4.78 is 5.82. The molecule has 2 aromatic heterocycles. The molecule has 1 aliphatic rings. The molecule has 0 aliphatic heterocycles. The average molecular weight is 362 g/mol. The van der Waals surface area contributed by atoms with Crippen LogP contribution in [0.4, 0.5) is 5.95 Å². The lowest BCUT2D eigenvalue weighted by molar-refractivity contribution is 0.121. The lowest BCUT2D eigenvalue weighted by atomic mass is 9.88. The number of fused-ring (bicyclic) bond motifs is 1.